The number of carbonyl (C=O) groups excluding carboxylic acids is 2. The molecule has 3 aromatic carbocycles. The average Bonchev–Trinajstić information content (AvgIpc) is 3.32. The molecule has 0 spiro atoms. The summed E-state index contributed by atoms with van der Waals surface area (Å²) in [6.45, 7) is 1.72. The molecule has 0 saturated carbocycles. The van der Waals surface area contributed by atoms with Crippen molar-refractivity contribution in [1.82, 2.24) is 9.55 Å². The number of hydrogen-bond acceptors (Lipinski definition) is 5. The van der Waals surface area contributed by atoms with Crippen molar-refractivity contribution in [2.75, 3.05) is 5.32 Å². The summed E-state index contributed by atoms with van der Waals surface area (Å²) in [5, 5.41) is 3.16. The van der Waals surface area contributed by atoms with Crippen LogP contribution in [0.2, 0.25) is 0 Å². The van der Waals surface area contributed by atoms with Crippen molar-refractivity contribution in [2.45, 2.75) is 6.92 Å². The third-order valence-electron chi connectivity index (χ3n) is 5.85. The summed E-state index contributed by atoms with van der Waals surface area (Å²) < 4.78 is 7.79. The van der Waals surface area contributed by atoms with E-state index in [4.69, 9.17) is 4.42 Å². The first-order valence-corrected chi connectivity index (χ1v) is 11.0. The molecule has 0 unspecified atom stereocenters. The second-order valence-electron chi connectivity index (χ2n) is 8.16. The molecule has 2 heterocycles. The first kappa shape index (κ1) is 22.0. The number of fused-ring (bicyclic) bond motifs is 1. The minimum atomic E-state index is -0.426. The van der Waals surface area contributed by atoms with Crippen molar-refractivity contribution >= 4 is 28.3 Å². The van der Waals surface area contributed by atoms with Crippen LogP contribution in [0.1, 0.15) is 32.1 Å². The first-order chi connectivity index (χ1) is 16.9. The number of nitrogens with one attached hydrogen (secondary N) is 1. The Labute approximate surface area is 200 Å². The lowest BCUT2D eigenvalue weighted by atomic mass is 10.0. The quantitative estimate of drug-likeness (QED) is 0.371. The second-order valence-corrected chi connectivity index (χ2v) is 8.16. The summed E-state index contributed by atoms with van der Waals surface area (Å²) in [5.74, 6) is 0.123. The maximum atomic E-state index is 13.2. The molecule has 0 aliphatic heterocycles. The summed E-state index contributed by atoms with van der Waals surface area (Å²) in [6.07, 6.45) is 3.27. The van der Waals surface area contributed by atoms with Crippen LogP contribution in [-0.4, -0.2) is 21.2 Å². The highest BCUT2D eigenvalue weighted by Crippen LogP contribution is 2.27. The summed E-state index contributed by atoms with van der Waals surface area (Å²) in [4.78, 5) is 42.9. The number of carbonyl (C=O) groups is 2. The lowest BCUT2D eigenvalue weighted by Crippen LogP contribution is -2.15. The van der Waals surface area contributed by atoms with Crippen LogP contribution in [-0.2, 0) is 7.05 Å². The average molecular weight is 463 g/mol. The summed E-state index contributed by atoms with van der Waals surface area (Å²) in [6, 6.07) is 20.8. The number of hydrogen-bond donors (Lipinski definition) is 1. The zero-order chi connectivity index (χ0) is 24.5. The van der Waals surface area contributed by atoms with Crippen molar-refractivity contribution in [3.8, 4) is 11.3 Å². The van der Waals surface area contributed by atoms with Gasteiger partial charge in [0.1, 0.15) is 5.76 Å². The van der Waals surface area contributed by atoms with Gasteiger partial charge in [0.15, 0.2) is 16.8 Å². The van der Waals surface area contributed by atoms with Crippen LogP contribution < -0.4 is 10.7 Å². The van der Waals surface area contributed by atoms with Gasteiger partial charge in [0.05, 0.1) is 10.9 Å². The summed E-state index contributed by atoms with van der Waals surface area (Å²) >= 11 is 0. The summed E-state index contributed by atoms with van der Waals surface area (Å²) in [7, 11) is 1.75. The molecule has 5 rings (SSSR count). The first-order valence-electron chi connectivity index (χ1n) is 11.0. The van der Waals surface area contributed by atoms with Gasteiger partial charge in [0.2, 0.25) is 5.78 Å². The van der Waals surface area contributed by atoms with E-state index < -0.39 is 5.91 Å². The van der Waals surface area contributed by atoms with Gasteiger partial charge in [-0.1, -0.05) is 36.4 Å². The molecule has 7 nitrogen and oxygen atoms in total. The Morgan fingerprint density at radius 2 is 1.69 bits per heavy atom. The van der Waals surface area contributed by atoms with E-state index >= 15 is 0 Å². The SMILES string of the molecule is Cc1c(-c2ccccc2)oc2c(C(=O)Nc3ccc(C(=O)c4nccn4C)cc3)cccc2c1=O. The maximum Gasteiger partial charge on any atom is 0.259 e. The molecule has 0 atom stereocenters. The van der Waals surface area contributed by atoms with E-state index in [1.807, 2.05) is 30.3 Å². The normalized spacial score (nSPS) is 10.9. The Kier molecular flexibility index (Phi) is 5.58. The largest absolute Gasteiger partial charge is 0.455 e. The number of amides is 1. The number of para-hydroxylation sites is 1. The van der Waals surface area contributed by atoms with E-state index in [1.54, 1.807) is 73.4 Å². The molecular weight excluding hydrogens is 442 g/mol. The van der Waals surface area contributed by atoms with Gasteiger partial charge >= 0.3 is 0 Å². The van der Waals surface area contributed by atoms with E-state index in [0.717, 1.165) is 5.56 Å². The molecule has 0 fully saturated rings. The zero-order valence-corrected chi connectivity index (χ0v) is 19.1. The molecule has 0 aliphatic rings. The van der Waals surface area contributed by atoms with Crippen LogP contribution >= 0.6 is 0 Å². The fraction of sp³-hybridized carbons (Fsp3) is 0.0714. The van der Waals surface area contributed by atoms with E-state index in [0.29, 0.717) is 33.8 Å². The fourth-order valence-corrected chi connectivity index (χ4v) is 3.97. The van der Waals surface area contributed by atoms with Crippen LogP contribution in [0, 0.1) is 6.92 Å². The van der Waals surface area contributed by atoms with Gasteiger partial charge in [-0.3, -0.25) is 14.4 Å². The number of aryl methyl sites for hydroxylation is 1. The number of aromatic nitrogens is 2. The summed E-state index contributed by atoms with van der Waals surface area (Å²) in [5.41, 5.74) is 2.47. The number of anilines is 1. The zero-order valence-electron chi connectivity index (χ0n) is 19.1. The minimum absolute atomic E-state index is 0.183. The van der Waals surface area contributed by atoms with Crippen LogP contribution in [0.3, 0.4) is 0 Å². The second kappa shape index (κ2) is 8.87. The topological polar surface area (TPSA) is 94.2 Å². The molecule has 0 radical (unpaired) electrons. The standard InChI is InChI=1S/C28H21N3O4/c1-17-23(32)21-9-6-10-22(26(21)35-25(17)19-7-4-3-5-8-19)28(34)30-20-13-11-18(12-14-20)24(33)27-29-15-16-31(27)2/h3-16H,1-2H3,(H,30,34). The van der Waals surface area contributed by atoms with Gasteiger partial charge in [0.25, 0.3) is 5.91 Å². The molecule has 5 aromatic rings. The smallest absolute Gasteiger partial charge is 0.259 e. The van der Waals surface area contributed by atoms with Crippen molar-refractivity contribution in [3.05, 3.63) is 118 Å². The molecule has 0 saturated heterocycles. The van der Waals surface area contributed by atoms with Crippen LogP contribution in [0.5, 0.6) is 0 Å². The Morgan fingerprint density at radius 1 is 0.943 bits per heavy atom. The predicted octanol–water partition coefficient (Wildman–Crippen LogP) is 4.99. The van der Waals surface area contributed by atoms with Gasteiger partial charge in [-0.25, -0.2) is 4.98 Å². The third kappa shape index (κ3) is 4.04. The molecule has 172 valence electrons. The number of rotatable bonds is 5. The van der Waals surface area contributed by atoms with Gasteiger partial charge in [-0.2, -0.15) is 0 Å². The van der Waals surface area contributed by atoms with Crippen LogP contribution in [0.4, 0.5) is 5.69 Å². The van der Waals surface area contributed by atoms with Gasteiger partial charge < -0.3 is 14.3 Å². The van der Waals surface area contributed by atoms with E-state index in [1.165, 1.54) is 0 Å². The van der Waals surface area contributed by atoms with Crippen molar-refractivity contribution in [3.63, 3.8) is 0 Å². The van der Waals surface area contributed by atoms with Crippen LogP contribution in [0.15, 0.2) is 94.4 Å². The number of benzene rings is 3. The highest BCUT2D eigenvalue weighted by atomic mass is 16.3. The van der Waals surface area contributed by atoms with Crippen LogP contribution in [0.25, 0.3) is 22.3 Å². The van der Waals surface area contributed by atoms with Gasteiger partial charge in [0, 0.05) is 41.8 Å². The van der Waals surface area contributed by atoms with E-state index in [-0.39, 0.29) is 22.4 Å². The Morgan fingerprint density at radius 3 is 2.37 bits per heavy atom. The Bertz CT molecular complexity index is 1630. The van der Waals surface area contributed by atoms with Crippen molar-refractivity contribution in [2.24, 2.45) is 7.05 Å². The molecule has 0 aliphatic carbocycles. The minimum Gasteiger partial charge on any atom is -0.455 e. The highest BCUT2D eigenvalue weighted by molar-refractivity contribution is 6.12. The Balaban J connectivity index is 1.47. The van der Waals surface area contributed by atoms with Gasteiger partial charge in [-0.05, 0) is 43.3 Å². The molecule has 1 amide bonds. The predicted molar refractivity (Wildman–Crippen MR) is 134 cm³/mol. The molecule has 1 N–H and O–H groups in total. The fourth-order valence-electron chi connectivity index (χ4n) is 3.97. The van der Waals surface area contributed by atoms with E-state index in [2.05, 4.69) is 10.3 Å². The number of nitrogens with zero attached hydrogens (tertiary/aromatic N) is 2. The lowest BCUT2D eigenvalue weighted by molar-refractivity contribution is 0.102. The highest BCUT2D eigenvalue weighted by Gasteiger charge is 2.19. The molecule has 7 heteroatoms. The monoisotopic (exact) mass is 463 g/mol. The molecular formula is C28H21N3O4. The molecule has 35 heavy (non-hydrogen) atoms. The van der Waals surface area contributed by atoms with E-state index in [9.17, 15) is 14.4 Å². The van der Waals surface area contributed by atoms with Crippen molar-refractivity contribution < 1.29 is 14.0 Å². The molecule has 2 aromatic heterocycles. The number of ketones is 1. The Hall–Kier alpha value is -4.78. The lowest BCUT2D eigenvalue weighted by Gasteiger charge is -2.11. The van der Waals surface area contributed by atoms with Gasteiger partial charge in [-0.15, -0.1) is 0 Å². The number of imidazole rings is 1. The third-order valence-corrected chi connectivity index (χ3v) is 5.85. The molecule has 0 bridgehead atoms. The maximum absolute atomic E-state index is 13.2. The van der Waals surface area contributed by atoms with Crippen molar-refractivity contribution in [1.29, 1.82) is 0 Å².